The van der Waals surface area contributed by atoms with Crippen LogP contribution in [0.4, 0.5) is 0 Å². The molecule has 0 unspecified atom stereocenters. The summed E-state index contributed by atoms with van der Waals surface area (Å²) in [5.74, 6) is 0.794. The van der Waals surface area contributed by atoms with Crippen LogP contribution >= 0.6 is 0 Å². The van der Waals surface area contributed by atoms with E-state index >= 15 is 0 Å². The average molecular weight is 375 g/mol. The molecule has 1 saturated heterocycles. The van der Waals surface area contributed by atoms with Crippen molar-refractivity contribution in [1.82, 2.24) is 15.3 Å². The topological polar surface area (TPSA) is 56.3 Å². The molecule has 1 atom stereocenters. The average Bonchev–Trinajstić information content (AvgIpc) is 2.71. The zero-order valence-corrected chi connectivity index (χ0v) is 15.9. The van der Waals surface area contributed by atoms with Crippen molar-refractivity contribution in [3.63, 3.8) is 0 Å². The molecule has 5 heteroatoms. The lowest BCUT2D eigenvalue weighted by Gasteiger charge is -2.27. The van der Waals surface area contributed by atoms with Crippen LogP contribution in [-0.2, 0) is 17.8 Å². The molecule has 3 heterocycles. The molecule has 1 N–H and O–H groups in total. The Balaban J connectivity index is 1.32. The summed E-state index contributed by atoms with van der Waals surface area (Å²) in [6.07, 6.45) is 9.36. The van der Waals surface area contributed by atoms with Crippen molar-refractivity contribution >= 4 is 0 Å². The number of ether oxygens (including phenoxy) is 2. The van der Waals surface area contributed by atoms with Crippen LogP contribution in [0.2, 0.25) is 0 Å². The molecule has 0 saturated carbocycles. The van der Waals surface area contributed by atoms with E-state index in [-0.39, 0.29) is 0 Å². The van der Waals surface area contributed by atoms with Gasteiger partial charge in [0.05, 0.1) is 19.4 Å². The lowest BCUT2D eigenvalue weighted by Crippen LogP contribution is -2.46. The molecule has 0 aliphatic carbocycles. The van der Waals surface area contributed by atoms with Crippen LogP contribution in [0.5, 0.6) is 5.75 Å². The van der Waals surface area contributed by atoms with Crippen molar-refractivity contribution in [2.45, 2.75) is 25.5 Å². The van der Waals surface area contributed by atoms with E-state index in [1.165, 1.54) is 12.0 Å². The Morgan fingerprint density at radius 2 is 1.71 bits per heavy atom. The molecular weight excluding hydrogens is 350 g/mol. The Kier molecular flexibility index (Phi) is 6.27. The summed E-state index contributed by atoms with van der Waals surface area (Å²) in [5.41, 5.74) is 4.39. The van der Waals surface area contributed by atoms with Crippen molar-refractivity contribution in [3.8, 4) is 16.9 Å². The first kappa shape index (κ1) is 18.6. The number of nitrogens with one attached hydrogen (secondary N) is 1. The number of benzene rings is 1. The highest BCUT2D eigenvalue weighted by Gasteiger charge is 2.16. The number of nitrogens with zero attached hydrogens (tertiary/aromatic N) is 2. The fourth-order valence-electron chi connectivity index (χ4n) is 3.08. The van der Waals surface area contributed by atoms with Gasteiger partial charge in [0.1, 0.15) is 12.4 Å². The predicted molar refractivity (Wildman–Crippen MR) is 109 cm³/mol. The molecule has 0 spiro atoms. The largest absolute Gasteiger partial charge is 0.490 e. The molecule has 1 aliphatic heterocycles. The Morgan fingerprint density at radius 3 is 2.50 bits per heavy atom. The van der Waals surface area contributed by atoms with Crippen LogP contribution in [0.3, 0.4) is 0 Å². The highest BCUT2D eigenvalue weighted by atomic mass is 16.5. The molecule has 1 aliphatic rings. The van der Waals surface area contributed by atoms with E-state index in [9.17, 15) is 0 Å². The highest BCUT2D eigenvalue weighted by molar-refractivity contribution is 5.63. The van der Waals surface area contributed by atoms with Gasteiger partial charge < -0.3 is 14.8 Å². The monoisotopic (exact) mass is 375 g/mol. The lowest BCUT2D eigenvalue weighted by atomic mass is 10.1. The van der Waals surface area contributed by atoms with Crippen LogP contribution in [-0.4, -0.2) is 35.8 Å². The number of hydrogen-bond donors (Lipinski definition) is 1. The maximum absolute atomic E-state index is 5.86. The van der Waals surface area contributed by atoms with Crippen molar-refractivity contribution in [3.05, 3.63) is 78.4 Å². The molecule has 3 aromatic rings. The van der Waals surface area contributed by atoms with Crippen LogP contribution in [0.15, 0.2) is 67.3 Å². The minimum absolute atomic E-state index is 0.463. The van der Waals surface area contributed by atoms with Gasteiger partial charge in [-0.25, -0.2) is 0 Å². The number of aromatic nitrogens is 2. The minimum atomic E-state index is 0.463. The molecule has 1 aromatic carbocycles. The van der Waals surface area contributed by atoms with Gasteiger partial charge in [0.2, 0.25) is 0 Å². The van der Waals surface area contributed by atoms with Crippen molar-refractivity contribution in [1.29, 1.82) is 0 Å². The van der Waals surface area contributed by atoms with Gasteiger partial charge in [-0.1, -0.05) is 30.3 Å². The molecule has 28 heavy (non-hydrogen) atoms. The van der Waals surface area contributed by atoms with Crippen LogP contribution in [0.25, 0.3) is 11.1 Å². The summed E-state index contributed by atoms with van der Waals surface area (Å²) in [4.78, 5) is 8.71. The highest BCUT2D eigenvalue weighted by Crippen LogP contribution is 2.23. The minimum Gasteiger partial charge on any atom is -0.490 e. The van der Waals surface area contributed by atoms with E-state index in [1.54, 1.807) is 6.20 Å². The van der Waals surface area contributed by atoms with Gasteiger partial charge in [0.25, 0.3) is 0 Å². The summed E-state index contributed by atoms with van der Waals surface area (Å²) in [5, 5.41) is 3.34. The molecular formula is C23H25N3O2. The maximum atomic E-state index is 5.86. The second-order valence-corrected chi connectivity index (χ2v) is 7.03. The van der Waals surface area contributed by atoms with Crippen molar-refractivity contribution in [2.75, 3.05) is 19.8 Å². The Bertz CT molecular complexity index is 882. The standard InChI is InChI=1S/C23H25N3O2/c1-2-4-18(5-3-1)16-27-9-7-19-10-20(13-24-12-19)21-11-23(15-25-14-21)28-17-22-6-8-26-22/h1-5,10-15,22,26H,6-9,16-17H2/t22-/m0/s1. The van der Waals surface area contributed by atoms with Crippen LogP contribution in [0, 0.1) is 0 Å². The zero-order valence-electron chi connectivity index (χ0n) is 15.9. The quantitative estimate of drug-likeness (QED) is 0.579. The van der Waals surface area contributed by atoms with Crippen molar-refractivity contribution < 1.29 is 9.47 Å². The van der Waals surface area contributed by atoms with E-state index in [1.807, 2.05) is 42.9 Å². The molecule has 1 fully saturated rings. The van der Waals surface area contributed by atoms with E-state index in [0.717, 1.165) is 35.4 Å². The molecule has 4 rings (SSSR count). The summed E-state index contributed by atoms with van der Waals surface area (Å²) in [6.45, 7) is 3.06. The van der Waals surface area contributed by atoms with Crippen molar-refractivity contribution in [2.24, 2.45) is 0 Å². The van der Waals surface area contributed by atoms with Gasteiger partial charge >= 0.3 is 0 Å². The summed E-state index contributed by atoms with van der Waals surface area (Å²) in [7, 11) is 0. The van der Waals surface area contributed by atoms with E-state index in [4.69, 9.17) is 9.47 Å². The van der Waals surface area contributed by atoms with Gasteiger partial charge in [0, 0.05) is 35.8 Å². The van der Waals surface area contributed by atoms with Crippen LogP contribution < -0.4 is 10.1 Å². The molecule has 0 bridgehead atoms. The first-order valence-corrected chi connectivity index (χ1v) is 9.74. The van der Waals surface area contributed by atoms with E-state index in [0.29, 0.717) is 25.9 Å². The second-order valence-electron chi connectivity index (χ2n) is 7.03. The zero-order chi connectivity index (χ0) is 19.0. The number of rotatable bonds is 9. The first-order valence-electron chi connectivity index (χ1n) is 9.74. The maximum Gasteiger partial charge on any atom is 0.138 e. The fraction of sp³-hybridized carbons (Fsp3) is 0.304. The molecule has 2 aromatic heterocycles. The van der Waals surface area contributed by atoms with E-state index in [2.05, 4.69) is 33.5 Å². The Labute approximate surface area is 165 Å². The lowest BCUT2D eigenvalue weighted by molar-refractivity contribution is 0.124. The smallest absolute Gasteiger partial charge is 0.138 e. The van der Waals surface area contributed by atoms with Gasteiger partial charge in [-0.15, -0.1) is 0 Å². The van der Waals surface area contributed by atoms with Gasteiger partial charge in [-0.05, 0) is 42.6 Å². The summed E-state index contributed by atoms with van der Waals surface area (Å²) < 4.78 is 11.7. The first-order chi connectivity index (χ1) is 13.9. The third kappa shape index (κ3) is 5.15. The molecule has 5 nitrogen and oxygen atoms in total. The Morgan fingerprint density at radius 1 is 0.929 bits per heavy atom. The predicted octanol–water partition coefficient (Wildman–Crippen LogP) is 3.64. The second kappa shape index (κ2) is 9.44. The Hall–Kier alpha value is -2.76. The van der Waals surface area contributed by atoms with Gasteiger partial charge in [-0.2, -0.15) is 0 Å². The third-order valence-electron chi connectivity index (χ3n) is 4.86. The van der Waals surface area contributed by atoms with Gasteiger partial charge in [-0.3, -0.25) is 9.97 Å². The molecule has 144 valence electrons. The SMILES string of the molecule is c1ccc(COCCc2cncc(-c3cncc(OC[C@@H]4CCN4)c3)c2)cc1. The van der Waals surface area contributed by atoms with Gasteiger partial charge in [0.15, 0.2) is 0 Å². The van der Waals surface area contributed by atoms with Crippen LogP contribution in [0.1, 0.15) is 17.5 Å². The molecule has 0 radical (unpaired) electrons. The molecule has 0 amide bonds. The number of pyridine rings is 2. The normalized spacial score (nSPS) is 15.8. The number of hydrogen-bond acceptors (Lipinski definition) is 5. The third-order valence-corrected chi connectivity index (χ3v) is 4.86. The fourth-order valence-corrected chi connectivity index (χ4v) is 3.08. The van der Waals surface area contributed by atoms with E-state index < -0.39 is 0 Å². The summed E-state index contributed by atoms with van der Waals surface area (Å²) >= 11 is 0. The summed E-state index contributed by atoms with van der Waals surface area (Å²) in [6, 6.07) is 14.9.